The SMILES string of the molecule is CN(C)S(=O)(=O)CCNCc1ccc(CSC(F)F)o1. The molecular weight excluding hydrogens is 310 g/mol. The van der Waals surface area contributed by atoms with Crippen LogP contribution in [-0.2, 0) is 22.3 Å². The first-order valence-electron chi connectivity index (χ1n) is 5.89. The molecule has 0 spiro atoms. The van der Waals surface area contributed by atoms with Gasteiger partial charge in [0.2, 0.25) is 10.0 Å². The van der Waals surface area contributed by atoms with Crippen molar-refractivity contribution in [1.29, 1.82) is 0 Å². The van der Waals surface area contributed by atoms with Crippen LogP contribution >= 0.6 is 11.8 Å². The van der Waals surface area contributed by atoms with E-state index in [1.54, 1.807) is 12.1 Å². The summed E-state index contributed by atoms with van der Waals surface area (Å²) in [6, 6.07) is 3.33. The van der Waals surface area contributed by atoms with Crippen molar-refractivity contribution in [2.24, 2.45) is 0 Å². The third-order valence-corrected chi connectivity index (χ3v) is 5.00. The summed E-state index contributed by atoms with van der Waals surface area (Å²) in [6.45, 7) is 0.657. The van der Waals surface area contributed by atoms with E-state index in [-0.39, 0.29) is 11.5 Å². The summed E-state index contributed by atoms with van der Waals surface area (Å²) in [7, 11) is -0.250. The van der Waals surface area contributed by atoms with Gasteiger partial charge in [0.25, 0.3) is 5.76 Å². The average Bonchev–Trinajstić information content (AvgIpc) is 2.80. The molecule has 0 saturated carbocycles. The fourth-order valence-electron chi connectivity index (χ4n) is 1.34. The Kier molecular flexibility index (Phi) is 6.93. The predicted octanol–water partition coefficient (Wildman–Crippen LogP) is 1.72. The lowest BCUT2D eigenvalue weighted by atomic mass is 10.4. The van der Waals surface area contributed by atoms with Crippen molar-refractivity contribution in [2.75, 3.05) is 26.4 Å². The first-order chi connectivity index (χ1) is 9.31. The third-order valence-electron chi connectivity index (χ3n) is 2.46. The van der Waals surface area contributed by atoms with Gasteiger partial charge >= 0.3 is 0 Å². The van der Waals surface area contributed by atoms with Gasteiger partial charge in [-0.2, -0.15) is 8.78 Å². The zero-order chi connectivity index (χ0) is 15.2. The molecule has 1 rings (SSSR count). The fraction of sp³-hybridized carbons (Fsp3) is 0.636. The molecule has 1 heterocycles. The molecule has 1 N–H and O–H groups in total. The Labute approximate surface area is 121 Å². The number of hydrogen-bond acceptors (Lipinski definition) is 5. The smallest absolute Gasteiger partial charge is 0.284 e. The molecule has 116 valence electrons. The van der Waals surface area contributed by atoms with E-state index in [0.717, 1.165) is 0 Å². The van der Waals surface area contributed by atoms with E-state index in [4.69, 9.17) is 4.42 Å². The number of nitrogens with zero attached hydrogens (tertiary/aromatic N) is 1. The van der Waals surface area contributed by atoms with Gasteiger partial charge in [-0.1, -0.05) is 11.8 Å². The maximum atomic E-state index is 12.0. The minimum Gasteiger partial charge on any atom is -0.464 e. The van der Waals surface area contributed by atoms with E-state index in [1.807, 2.05) is 0 Å². The van der Waals surface area contributed by atoms with Crippen molar-refractivity contribution in [3.63, 3.8) is 0 Å². The molecule has 0 saturated heterocycles. The van der Waals surface area contributed by atoms with Crippen LogP contribution in [0.25, 0.3) is 0 Å². The first kappa shape index (κ1) is 17.4. The van der Waals surface area contributed by atoms with E-state index < -0.39 is 15.8 Å². The van der Waals surface area contributed by atoms with Crippen LogP contribution in [-0.4, -0.2) is 44.9 Å². The molecule has 0 bridgehead atoms. The summed E-state index contributed by atoms with van der Waals surface area (Å²) in [5, 5.41) is 2.94. The average molecular weight is 328 g/mol. The van der Waals surface area contributed by atoms with Gasteiger partial charge in [-0.05, 0) is 12.1 Å². The quantitative estimate of drug-likeness (QED) is 0.699. The molecule has 1 aromatic heterocycles. The van der Waals surface area contributed by atoms with Crippen LogP contribution in [0.4, 0.5) is 8.78 Å². The van der Waals surface area contributed by atoms with E-state index >= 15 is 0 Å². The minimum absolute atomic E-state index is 0.00516. The summed E-state index contributed by atoms with van der Waals surface area (Å²) in [5.41, 5.74) is 0. The molecule has 0 aromatic carbocycles. The number of nitrogens with one attached hydrogen (secondary N) is 1. The number of hydrogen-bond donors (Lipinski definition) is 1. The minimum atomic E-state index is -3.21. The van der Waals surface area contributed by atoms with Crippen molar-refractivity contribution in [2.45, 2.75) is 18.1 Å². The Bertz CT molecular complexity index is 504. The molecule has 0 radical (unpaired) electrons. The monoisotopic (exact) mass is 328 g/mol. The second kappa shape index (κ2) is 7.96. The lowest BCUT2D eigenvalue weighted by molar-refractivity contribution is 0.251. The van der Waals surface area contributed by atoms with Crippen molar-refractivity contribution >= 4 is 21.8 Å². The maximum absolute atomic E-state index is 12.0. The fourth-order valence-corrected chi connectivity index (χ4v) is 2.55. The maximum Gasteiger partial charge on any atom is 0.284 e. The molecule has 0 aliphatic rings. The Balaban J connectivity index is 2.29. The summed E-state index contributed by atoms with van der Waals surface area (Å²) in [5.74, 6) is -1.23. The lowest BCUT2D eigenvalue weighted by Gasteiger charge is -2.11. The highest BCUT2D eigenvalue weighted by atomic mass is 32.2. The highest BCUT2D eigenvalue weighted by Gasteiger charge is 2.12. The molecule has 0 aliphatic heterocycles. The lowest BCUT2D eigenvalue weighted by Crippen LogP contribution is -2.30. The van der Waals surface area contributed by atoms with Gasteiger partial charge in [0.1, 0.15) is 11.5 Å². The topological polar surface area (TPSA) is 62.6 Å². The molecule has 1 aromatic rings. The summed E-state index contributed by atoms with van der Waals surface area (Å²) >= 11 is 0.500. The molecule has 9 heteroatoms. The normalized spacial score (nSPS) is 12.5. The largest absolute Gasteiger partial charge is 0.464 e. The molecule has 20 heavy (non-hydrogen) atoms. The number of rotatable bonds is 9. The molecule has 0 aliphatic carbocycles. The van der Waals surface area contributed by atoms with Gasteiger partial charge in [0.15, 0.2) is 0 Å². The highest BCUT2D eigenvalue weighted by molar-refractivity contribution is 7.98. The van der Waals surface area contributed by atoms with Gasteiger partial charge in [-0.25, -0.2) is 12.7 Å². The second-order valence-electron chi connectivity index (χ2n) is 4.21. The zero-order valence-corrected chi connectivity index (χ0v) is 12.9. The molecule has 0 atom stereocenters. The van der Waals surface area contributed by atoms with Gasteiger partial charge in [0, 0.05) is 20.6 Å². The Morgan fingerprint density at radius 1 is 1.35 bits per heavy atom. The van der Waals surface area contributed by atoms with Gasteiger partial charge in [0.05, 0.1) is 18.1 Å². The van der Waals surface area contributed by atoms with Crippen molar-refractivity contribution in [3.05, 3.63) is 23.7 Å². The Hall–Kier alpha value is -0.640. The molecule has 0 fully saturated rings. The van der Waals surface area contributed by atoms with Gasteiger partial charge in [-0.15, -0.1) is 0 Å². The van der Waals surface area contributed by atoms with E-state index in [1.165, 1.54) is 18.4 Å². The summed E-state index contributed by atoms with van der Waals surface area (Å²) < 4.78 is 53.5. The van der Waals surface area contributed by atoms with Crippen molar-refractivity contribution in [3.8, 4) is 0 Å². The number of halogens is 2. The van der Waals surface area contributed by atoms with Crippen molar-refractivity contribution < 1.29 is 21.6 Å². The molecule has 5 nitrogen and oxygen atoms in total. The van der Waals surface area contributed by atoms with Gasteiger partial charge < -0.3 is 9.73 Å². The summed E-state index contributed by atoms with van der Waals surface area (Å²) in [4.78, 5) is 0. The highest BCUT2D eigenvalue weighted by Crippen LogP contribution is 2.21. The molecular formula is C11H18F2N2O3S2. The molecule has 0 amide bonds. The van der Waals surface area contributed by atoms with E-state index in [9.17, 15) is 17.2 Å². The van der Waals surface area contributed by atoms with Crippen LogP contribution < -0.4 is 5.32 Å². The number of alkyl halides is 2. The van der Waals surface area contributed by atoms with Crippen LogP contribution in [0.15, 0.2) is 16.5 Å². The Morgan fingerprint density at radius 2 is 2.00 bits per heavy atom. The number of furan rings is 1. The Morgan fingerprint density at radius 3 is 2.60 bits per heavy atom. The first-order valence-corrected chi connectivity index (χ1v) is 8.55. The van der Waals surface area contributed by atoms with Crippen LogP contribution in [0.1, 0.15) is 11.5 Å². The number of thioether (sulfide) groups is 1. The third kappa shape index (κ3) is 6.21. The van der Waals surface area contributed by atoms with Gasteiger partial charge in [-0.3, -0.25) is 0 Å². The van der Waals surface area contributed by atoms with Crippen LogP contribution in [0.2, 0.25) is 0 Å². The van der Waals surface area contributed by atoms with E-state index in [0.29, 0.717) is 36.4 Å². The van der Waals surface area contributed by atoms with Crippen LogP contribution in [0.5, 0.6) is 0 Å². The predicted molar refractivity (Wildman–Crippen MR) is 75.2 cm³/mol. The number of sulfonamides is 1. The zero-order valence-electron chi connectivity index (χ0n) is 11.3. The van der Waals surface area contributed by atoms with Crippen LogP contribution in [0, 0.1) is 0 Å². The molecule has 0 unspecified atom stereocenters. The van der Waals surface area contributed by atoms with Crippen LogP contribution in [0.3, 0.4) is 0 Å². The van der Waals surface area contributed by atoms with E-state index in [2.05, 4.69) is 5.32 Å². The standard InChI is InChI=1S/C11H18F2N2O3S2/c1-15(2)20(16,17)6-5-14-7-9-3-4-10(18-9)8-19-11(12)13/h3-4,11,14H,5-8H2,1-2H3. The second-order valence-corrected chi connectivity index (χ2v) is 7.50. The summed E-state index contributed by atoms with van der Waals surface area (Å²) in [6.07, 6.45) is 0. The van der Waals surface area contributed by atoms with Crippen molar-refractivity contribution in [1.82, 2.24) is 9.62 Å².